The molecular formula is C35H23N3S. The third-order valence-corrected chi connectivity index (χ3v) is 7.84. The number of rotatable bonds is 5. The van der Waals surface area contributed by atoms with Crippen molar-refractivity contribution in [2.24, 2.45) is 0 Å². The second-order valence-electron chi connectivity index (χ2n) is 9.12. The molecule has 0 unspecified atom stereocenters. The van der Waals surface area contributed by atoms with E-state index < -0.39 is 0 Å². The van der Waals surface area contributed by atoms with Crippen LogP contribution in [0.15, 0.2) is 115 Å². The average molecular weight is 518 g/mol. The van der Waals surface area contributed by atoms with E-state index in [1.54, 1.807) is 12.1 Å². The van der Waals surface area contributed by atoms with Crippen LogP contribution >= 0.6 is 11.3 Å². The molecule has 0 aliphatic carbocycles. The highest BCUT2D eigenvalue weighted by molar-refractivity contribution is 7.25. The van der Waals surface area contributed by atoms with E-state index in [4.69, 9.17) is 10.7 Å². The summed E-state index contributed by atoms with van der Waals surface area (Å²) in [5.74, 6) is 6.63. The first kappa shape index (κ1) is 24.2. The van der Waals surface area contributed by atoms with Crippen LogP contribution in [0.5, 0.6) is 0 Å². The van der Waals surface area contributed by atoms with E-state index in [9.17, 15) is 0 Å². The number of nitriles is 1. The summed E-state index contributed by atoms with van der Waals surface area (Å²) >= 11 is 1.82. The summed E-state index contributed by atoms with van der Waals surface area (Å²) in [5.41, 5.74) is 6.65. The number of thiophene rings is 1. The molecule has 0 atom stereocenters. The summed E-state index contributed by atoms with van der Waals surface area (Å²) in [6, 6.07) is 40.5. The molecule has 6 rings (SSSR count). The van der Waals surface area contributed by atoms with E-state index >= 15 is 0 Å². The first-order valence-corrected chi connectivity index (χ1v) is 13.4. The lowest BCUT2D eigenvalue weighted by atomic mass is 9.99. The maximum Gasteiger partial charge on any atom is 0.0991 e. The predicted octanol–water partition coefficient (Wildman–Crippen LogP) is 8.47. The second-order valence-corrected chi connectivity index (χ2v) is 10.2. The molecule has 0 saturated heterocycles. The van der Waals surface area contributed by atoms with Crippen molar-refractivity contribution >= 4 is 42.9 Å². The molecule has 5 aromatic carbocycles. The van der Waals surface area contributed by atoms with Gasteiger partial charge in [-0.15, -0.1) is 11.3 Å². The van der Waals surface area contributed by atoms with Gasteiger partial charge in [0.15, 0.2) is 0 Å². The smallest absolute Gasteiger partial charge is 0.0991 e. The number of hydrogen-bond acceptors (Lipinski definition) is 4. The van der Waals surface area contributed by atoms with Gasteiger partial charge in [0.2, 0.25) is 0 Å². The maximum atomic E-state index is 9.06. The van der Waals surface area contributed by atoms with E-state index in [1.165, 1.54) is 20.2 Å². The van der Waals surface area contributed by atoms with Crippen LogP contribution in [0.4, 0.5) is 5.69 Å². The summed E-state index contributed by atoms with van der Waals surface area (Å²) in [7, 11) is 0. The fourth-order valence-electron chi connectivity index (χ4n) is 4.74. The van der Waals surface area contributed by atoms with Gasteiger partial charge in [-0.1, -0.05) is 90.7 Å². The summed E-state index contributed by atoms with van der Waals surface area (Å²) in [4.78, 5) is 0. The van der Waals surface area contributed by atoms with Crippen LogP contribution in [-0.4, -0.2) is 12.3 Å². The molecule has 0 fully saturated rings. The van der Waals surface area contributed by atoms with Crippen molar-refractivity contribution < 1.29 is 0 Å². The number of benzene rings is 5. The van der Waals surface area contributed by atoms with Crippen LogP contribution in [0.3, 0.4) is 0 Å². The molecule has 0 aliphatic rings. The maximum absolute atomic E-state index is 9.06. The highest BCUT2D eigenvalue weighted by Crippen LogP contribution is 2.36. The molecule has 1 aromatic heterocycles. The van der Waals surface area contributed by atoms with Crippen molar-refractivity contribution in [3.05, 3.63) is 138 Å². The Kier molecular flexibility index (Phi) is 6.62. The largest absolute Gasteiger partial charge is 0.374 e. The summed E-state index contributed by atoms with van der Waals surface area (Å²) in [5, 5.41) is 23.7. The number of para-hydroxylation sites is 1. The van der Waals surface area contributed by atoms with E-state index in [0.29, 0.717) is 17.8 Å². The lowest BCUT2D eigenvalue weighted by Crippen LogP contribution is -2.08. The van der Waals surface area contributed by atoms with Crippen LogP contribution in [0, 0.1) is 28.6 Å². The summed E-state index contributed by atoms with van der Waals surface area (Å²) < 4.78 is 2.58. The van der Waals surface area contributed by atoms with Crippen LogP contribution in [0.25, 0.3) is 31.3 Å². The standard InChI is InChI=1S/C35H23N3S/c36-23-24-15-17-26(18-16-24)35(37)31-12-3-5-13-32(31)38-21-7-9-25-8-1-2-10-28(25)27-19-20-30-29-11-4-6-14-33(29)39-34(30)22-27/h1-6,8,10-20,22,37-38H,21H2. The van der Waals surface area contributed by atoms with Crippen LogP contribution in [-0.2, 0) is 0 Å². The quantitative estimate of drug-likeness (QED) is 0.178. The van der Waals surface area contributed by atoms with Gasteiger partial charge in [-0.2, -0.15) is 5.26 Å². The number of hydrogen-bond donors (Lipinski definition) is 2. The highest BCUT2D eigenvalue weighted by Gasteiger charge is 2.10. The lowest BCUT2D eigenvalue weighted by molar-refractivity contribution is 1.35. The van der Waals surface area contributed by atoms with E-state index in [2.05, 4.69) is 83.9 Å². The van der Waals surface area contributed by atoms with Gasteiger partial charge in [0.25, 0.3) is 0 Å². The molecule has 4 heteroatoms. The molecule has 3 nitrogen and oxygen atoms in total. The second kappa shape index (κ2) is 10.7. The van der Waals surface area contributed by atoms with Crippen LogP contribution in [0.2, 0.25) is 0 Å². The zero-order valence-corrected chi connectivity index (χ0v) is 21.8. The van der Waals surface area contributed by atoms with Crippen molar-refractivity contribution in [3.63, 3.8) is 0 Å². The lowest BCUT2D eigenvalue weighted by Gasteiger charge is -2.11. The molecule has 0 bridgehead atoms. The normalized spacial score (nSPS) is 10.5. The Hall–Kier alpha value is -5.16. The number of nitrogens with one attached hydrogen (secondary N) is 2. The summed E-state index contributed by atoms with van der Waals surface area (Å²) in [6.45, 7) is 0.446. The van der Waals surface area contributed by atoms with Gasteiger partial charge in [-0.3, -0.25) is 5.41 Å². The zero-order chi connectivity index (χ0) is 26.6. The third-order valence-electron chi connectivity index (χ3n) is 6.71. The number of fused-ring (bicyclic) bond motifs is 3. The molecule has 0 amide bonds. The van der Waals surface area contributed by atoms with Gasteiger partial charge in [-0.05, 0) is 47.5 Å². The Bertz CT molecular complexity index is 1950. The molecule has 2 N–H and O–H groups in total. The molecule has 39 heavy (non-hydrogen) atoms. The molecule has 1 heterocycles. The fourth-order valence-corrected chi connectivity index (χ4v) is 5.88. The highest BCUT2D eigenvalue weighted by atomic mass is 32.1. The van der Waals surface area contributed by atoms with E-state index in [-0.39, 0.29) is 0 Å². The molecule has 0 spiro atoms. The first-order valence-electron chi connectivity index (χ1n) is 12.6. The Morgan fingerprint density at radius 1 is 0.769 bits per heavy atom. The third kappa shape index (κ3) is 4.90. The van der Waals surface area contributed by atoms with Gasteiger partial charge in [0.05, 0.1) is 23.9 Å². The minimum Gasteiger partial charge on any atom is -0.374 e. The van der Waals surface area contributed by atoms with Crippen molar-refractivity contribution in [3.8, 4) is 29.0 Å². The average Bonchev–Trinajstić information content (AvgIpc) is 3.37. The molecule has 0 saturated carbocycles. The Morgan fingerprint density at radius 2 is 1.51 bits per heavy atom. The van der Waals surface area contributed by atoms with Gasteiger partial charge >= 0.3 is 0 Å². The zero-order valence-electron chi connectivity index (χ0n) is 21.0. The Balaban J connectivity index is 1.23. The van der Waals surface area contributed by atoms with Gasteiger partial charge in [0, 0.05) is 42.6 Å². The SMILES string of the molecule is N#Cc1ccc(C(=N)c2ccccc2NCC#Cc2ccccc2-c2ccc3c(c2)sc2ccccc23)cc1. The van der Waals surface area contributed by atoms with Crippen molar-refractivity contribution in [2.75, 3.05) is 11.9 Å². The minimum absolute atomic E-state index is 0.400. The molecule has 0 aliphatic heterocycles. The topological polar surface area (TPSA) is 59.7 Å². The van der Waals surface area contributed by atoms with Crippen molar-refractivity contribution in [1.29, 1.82) is 10.7 Å². The molecule has 184 valence electrons. The molecular weight excluding hydrogens is 494 g/mol. The fraction of sp³-hybridized carbons (Fsp3) is 0.0286. The Labute approximate surface area is 231 Å². The monoisotopic (exact) mass is 517 g/mol. The molecule has 0 radical (unpaired) electrons. The van der Waals surface area contributed by atoms with Crippen LogP contribution in [0.1, 0.15) is 22.3 Å². The van der Waals surface area contributed by atoms with E-state index in [0.717, 1.165) is 33.5 Å². The van der Waals surface area contributed by atoms with Gasteiger partial charge in [-0.25, -0.2) is 0 Å². The number of anilines is 1. The Morgan fingerprint density at radius 3 is 2.38 bits per heavy atom. The van der Waals surface area contributed by atoms with Gasteiger partial charge < -0.3 is 5.32 Å². The van der Waals surface area contributed by atoms with Crippen molar-refractivity contribution in [2.45, 2.75) is 0 Å². The summed E-state index contributed by atoms with van der Waals surface area (Å²) in [6.07, 6.45) is 0. The first-order chi connectivity index (χ1) is 19.2. The van der Waals surface area contributed by atoms with E-state index in [1.807, 2.05) is 53.8 Å². The minimum atomic E-state index is 0.400. The molecule has 6 aromatic rings. The van der Waals surface area contributed by atoms with Crippen molar-refractivity contribution in [1.82, 2.24) is 0 Å². The van der Waals surface area contributed by atoms with Gasteiger partial charge in [0.1, 0.15) is 0 Å². The number of nitrogens with zero attached hydrogens (tertiary/aromatic N) is 1. The predicted molar refractivity (Wildman–Crippen MR) is 164 cm³/mol. The van der Waals surface area contributed by atoms with Crippen LogP contribution < -0.4 is 5.32 Å².